The summed E-state index contributed by atoms with van der Waals surface area (Å²) in [6.45, 7) is -1.64. The predicted octanol–water partition coefficient (Wildman–Crippen LogP) is -0.0787. The van der Waals surface area contributed by atoms with E-state index in [1.165, 1.54) is 12.5 Å². The second-order valence-electron chi connectivity index (χ2n) is 1.81. The van der Waals surface area contributed by atoms with Gasteiger partial charge in [0, 0.05) is 23.7 Å². The van der Waals surface area contributed by atoms with Crippen LogP contribution in [0.4, 0.5) is 0 Å². The number of aromatic nitrogens is 2. The Bertz CT molecular complexity index is 253. The maximum Gasteiger partial charge on any atom is 0.0946 e. The number of aryl methyl sites for hydroxylation is 1. The van der Waals surface area contributed by atoms with Crippen molar-refractivity contribution in [1.82, 2.24) is 9.55 Å². The molecule has 0 aliphatic heterocycles. The summed E-state index contributed by atoms with van der Waals surface area (Å²) in [4.78, 5) is 3.90. The number of hydrogen-bond acceptors (Lipinski definition) is 2. The maximum absolute atomic E-state index is 7.04. The van der Waals surface area contributed by atoms with E-state index < -0.39 is 6.98 Å². The van der Waals surface area contributed by atoms with Gasteiger partial charge in [0.25, 0.3) is 0 Å². The molecule has 0 aliphatic carbocycles. The van der Waals surface area contributed by atoms with E-state index in [9.17, 15) is 0 Å². The Balaban J connectivity index is 2.77. The molecule has 0 aliphatic rings. The molecule has 0 amide bonds. The van der Waals surface area contributed by atoms with Crippen molar-refractivity contribution in [3.05, 3.63) is 18.2 Å². The lowest BCUT2D eigenvalue weighted by Crippen LogP contribution is -2.02. The van der Waals surface area contributed by atoms with Gasteiger partial charge in [-0.15, -0.1) is 0 Å². The summed E-state index contributed by atoms with van der Waals surface area (Å²) in [7, 11) is 0. The first-order valence-electron chi connectivity index (χ1n) is 4.27. The van der Waals surface area contributed by atoms with Crippen LogP contribution in [0.5, 0.6) is 0 Å². The van der Waals surface area contributed by atoms with E-state index in [-0.39, 0.29) is 0 Å². The van der Waals surface area contributed by atoms with Crippen LogP contribution >= 0.6 is 0 Å². The Hall–Kier alpha value is -0.830. The number of hydrogen-bond donors (Lipinski definition) is 1. The zero-order valence-corrected chi connectivity index (χ0v) is 5.04. The van der Waals surface area contributed by atoms with Gasteiger partial charge in [0.2, 0.25) is 0 Å². The average Bonchev–Trinajstić information content (AvgIpc) is 2.35. The van der Waals surface area contributed by atoms with Crippen LogP contribution in [-0.2, 0) is 13.4 Å². The third-order valence-corrected chi connectivity index (χ3v) is 1.04. The van der Waals surface area contributed by atoms with Crippen LogP contribution in [0, 0.1) is 0 Å². The Labute approximate surface area is 58.7 Å². The smallest absolute Gasteiger partial charge is 0.0946 e. The minimum Gasteiger partial charge on any atom is -0.340 e. The van der Waals surface area contributed by atoms with E-state index in [0.717, 1.165) is 4.57 Å². The van der Waals surface area contributed by atoms with Gasteiger partial charge in [-0.05, 0) is 6.54 Å². The molecule has 0 bridgehead atoms. The summed E-state index contributed by atoms with van der Waals surface area (Å²) in [6, 6.07) is 0. The lowest BCUT2D eigenvalue weighted by Gasteiger charge is -1.86. The van der Waals surface area contributed by atoms with Crippen molar-refractivity contribution in [3.63, 3.8) is 0 Å². The second kappa shape index (κ2) is 2.64. The fourth-order valence-corrected chi connectivity index (χ4v) is 0.641. The SMILES string of the molecule is [2H]C([2H])([2H])n1cnc(CCN)c1. The van der Waals surface area contributed by atoms with Crippen molar-refractivity contribution in [1.29, 1.82) is 0 Å². The van der Waals surface area contributed by atoms with Gasteiger partial charge in [-0.3, -0.25) is 0 Å². The molecule has 0 radical (unpaired) electrons. The molecule has 0 atom stereocenters. The van der Waals surface area contributed by atoms with Gasteiger partial charge < -0.3 is 10.3 Å². The molecular formula is C6H11N3. The Kier molecular flexibility index (Phi) is 0.987. The largest absolute Gasteiger partial charge is 0.340 e. The fourth-order valence-electron chi connectivity index (χ4n) is 0.641. The third kappa shape index (κ3) is 1.54. The normalized spacial score (nSPS) is 16.3. The van der Waals surface area contributed by atoms with Crippen molar-refractivity contribution >= 4 is 0 Å². The van der Waals surface area contributed by atoms with E-state index in [1.807, 2.05) is 0 Å². The highest BCUT2D eigenvalue weighted by atomic mass is 15.0. The summed E-state index contributed by atoms with van der Waals surface area (Å²) in [5.41, 5.74) is 6.01. The Morgan fingerprint density at radius 1 is 2.00 bits per heavy atom. The summed E-state index contributed by atoms with van der Waals surface area (Å²) in [5, 5.41) is 0. The van der Waals surface area contributed by atoms with Crippen molar-refractivity contribution in [2.24, 2.45) is 12.7 Å². The second-order valence-corrected chi connectivity index (χ2v) is 1.81. The zero-order chi connectivity index (χ0) is 9.19. The van der Waals surface area contributed by atoms with E-state index in [2.05, 4.69) is 4.98 Å². The first-order valence-corrected chi connectivity index (χ1v) is 2.77. The highest BCUT2D eigenvalue weighted by Gasteiger charge is 1.91. The molecule has 1 rings (SSSR count). The van der Waals surface area contributed by atoms with Crippen molar-refractivity contribution < 1.29 is 4.11 Å². The first-order chi connectivity index (χ1) is 5.54. The molecule has 1 heterocycles. The van der Waals surface area contributed by atoms with Gasteiger partial charge >= 0.3 is 0 Å². The molecule has 0 saturated carbocycles. The van der Waals surface area contributed by atoms with Crippen LogP contribution in [-0.4, -0.2) is 16.1 Å². The summed E-state index contributed by atoms with van der Waals surface area (Å²) in [6.07, 6.45) is 3.42. The quantitative estimate of drug-likeness (QED) is 0.605. The predicted molar refractivity (Wildman–Crippen MR) is 36.0 cm³/mol. The molecule has 3 heteroatoms. The highest BCUT2D eigenvalue weighted by Crippen LogP contribution is 1.92. The van der Waals surface area contributed by atoms with Gasteiger partial charge in [-0.1, -0.05) is 0 Å². The molecule has 0 saturated heterocycles. The summed E-state index contributed by atoms with van der Waals surface area (Å²) >= 11 is 0. The Morgan fingerprint density at radius 3 is 3.44 bits per heavy atom. The standard InChI is InChI=1S/C6H11N3/c1-9-4-6(2-3-7)8-5-9/h4-5H,2-3,7H2,1H3/i1D3. The van der Waals surface area contributed by atoms with Crippen LogP contribution in [0.1, 0.15) is 9.81 Å². The average molecular weight is 128 g/mol. The molecule has 1 aromatic heterocycles. The molecule has 1 aromatic rings. The number of imidazole rings is 1. The van der Waals surface area contributed by atoms with Crippen LogP contribution in [0.3, 0.4) is 0 Å². The van der Waals surface area contributed by atoms with Crippen LogP contribution in [0.25, 0.3) is 0 Å². The van der Waals surface area contributed by atoms with Gasteiger partial charge in [0.05, 0.1) is 12.0 Å². The molecule has 9 heavy (non-hydrogen) atoms. The van der Waals surface area contributed by atoms with Gasteiger partial charge in [-0.25, -0.2) is 4.98 Å². The van der Waals surface area contributed by atoms with Crippen molar-refractivity contribution in [2.45, 2.75) is 6.42 Å². The van der Waals surface area contributed by atoms with Crippen molar-refractivity contribution in [3.8, 4) is 0 Å². The van der Waals surface area contributed by atoms with Gasteiger partial charge in [0.1, 0.15) is 0 Å². The van der Waals surface area contributed by atoms with Crippen LogP contribution < -0.4 is 5.73 Å². The lowest BCUT2D eigenvalue weighted by molar-refractivity contribution is 0.906. The van der Waals surface area contributed by atoms with E-state index in [1.54, 1.807) is 0 Å². The highest BCUT2D eigenvalue weighted by molar-refractivity contribution is 4.95. The summed E-state index contributed by atoms with van der Waals surface area (Å²) < 4.78 is 22.2. The monoisotopic (exact) mass is 128 g/mol. The molecule has 0 fully saturated rings. The van der Waals surface area contributed by atoms with Crippen LogP contribution in [0.2, 0.25) is 0 Å². The fraction of sp³-hybridized carbons (Fsp3) is 0.500. The number of rotatable bonds is 2. The number of nitrogens with zero attached hydrogens (tertiary/aromatic N) is 2. The summed E-state index contributed by atoms with van der Waals surface area (Å²) in [5.74, 6) is 0. The Morgan fingerprint density at radius 2 is 2.89 bits per heavy atom. The van der Waals surface area contributed by atoms with Gasteiger partial charge in [0.15, 0.2) is 0 Å². The van der Waals surface area contributed by atoms with E-state index >= 15 is 0 Å². The lowest BCUT2D eigenvalue weighted by atomic mass is 10.3. The first kappa shape index (κ1) is 3.37. The minimum atomic E-state index is -2.13. The number of nitrogens with two attached hydrogens (primary N) is 1. The molecular weight excluding hydrogens is 114 g/mol. The molecule has 50 valence electrons. The minimum absolute atomic E-state index is 0.484. The topological polar surface area (TPSA) is 43.8 Å². The third-order valence-electron chi connectivity index (χ3n) is 1.04. The zero-order valence-electron chi connectivity index (χ0n) is 8.04. The molecule has 0 spiro atoms. The van der Waals surface area contributed by atoms with Gasteiger partial charge in [-0.2, -0.15) is 0 Å². The van der Waals surface area contributed by atoms with Crippen LogP contribution in [0.15, 0.2) is 12.5 Å². The maximum atomic E-state index is 7.04. The molecule has 0 aromatic carbocycles. The molecule has 0 unspecified atom stereocenters. The van der Waals surface area contributed by atoms with E-state index in [4.69, 9.17) is 9.85 Å². The molecule has 3 nitrogen and oxygen atoms in total. The van der Waals surface area contributed by atoms with E-state index in [0.29, 0.717) is 18.7 Å². The van der Waals surface area contributed by atoms with Crippen molar-refractivity contribution in [2.75, 3.05) is 6.54 Å². The molecule has 2 N–H and O–H groups in total.